The van der Waals surface area contributed by atoms with Crippen LogP contribution in [0.2, 0.25) is 0 Å². The van der Waals surface area contributed by atoms with E-state index in [0.717, 1.165) is 5.69 Å². The molecule has 0 amide bonds. The van der Waals surface area contributed by atoms with Crippen molar-refractivity contribution in [2.75, 3.05) is 0 Å². The van der Waals surface area contributed by atoms with Crippen LogP contribution in [0.5, 0.6) is 5.75 Å². The van der Waals surface area contributed by atoms with E-state index in [1.54, 1.807) is 47.7 Å². The Hall–Kier alpha value is -3.22. The minimum absolute atomic E-state index is 0.0627. The SMILES string of the molecule is Oc1cc(-n2cnnc2)ccc1-c1nc2ncccc2o1. The van der Waals surface area contributed by atoms with Crippen molar-refractivity contribution >= 4 is 11.2 Å². The van der Waals surface area contributed by atoms with Crippen molar-refractivity contribution in [3.05, 3.63) is 49.2 Å². The van der Waals surface area contributed by atoms with Crippen molar-refractivity contribution in [1.82, 2.24) is 24.7 Å². The van der Waals surface area contributed by atoms with Crippen molar-refractivity contribution in [3.63, 3.8) is 0 Å². The maximum Gasteiger partial charge on any atom is 0.232 e. The van der Waals surface area contributed by atoms with E-state index < -0.39 is 0 Å². The van der Waals surface area contributed by atoms with Gasteiger partial charge in [-0.1, -0.05) is 0 Å². The minimum Gasteiger partial charge on any atom is -0.507 e. The van der Waals surface area contributed by atoms with E-state index in [1.165, 1.54) is 0 Å². The Kier molecular flexibility index (Phi) is 2.43. The molecule has 0 bridgehead atoms. The maximum atomic E-state index is 10.2. The van der Waals surface area contributed by atoms with Crippen molar-refractivity contribution in [1.29, 1.82) is 0 Å². The van der Waals surface area contributed by atoms with Gasteiger partial charge < -0.3 is 9.52 Å². The molecule has 0 aliphatic heterocycles. The molecule has 102 valence electrons. The van der Waals surface area contributed by atoms with Crippen LogP contribution in [-0.2, 0) is 0 Å². The molecule has 7 heteroatoms. The summed E-state index contributed by atoms with van der Waals surface area (Å²) >= 11 is 0. The predicted molar refractivity (Wildman–Crippen MR) is 73.8 cm³/mol. The van der Waals surface area contributed by atoms with Gasteiger partial charge in [0.15, 0.2) is 11.2 Å². The normalized spacial score (nSPS) is 11.0. The lowest BCUT2D eigenvalue weighted by Crippen LogP contribution is -1.90. The Balaban J connectivity index is 1.81. The third kappa shape index (κ3) is 1.91. The maximum absolute atomic E-state index is 10.2. The van der Waals surface area contributed by atoms with Crippen LogP contribution >= 0.6 is 0 Å². The highest BCUT2D eigenvalue weighted by Gasteiger charge is 2.13. The molecule has 0 aliphatic carbocycles. The zero-order valence-corrected chi connectivity index (χ0v) is 10.7. The Morgan fingerprint density at radius 2 is 1.95 bits per heavy atom. The van der Waals surface area contributed by atoms with Crippen LogP contribution in [0.25, 0.3) is 28.4 Å². The fourth-order valence-corrected chi connectivity index (χ4v) is 2.08. The number of benzene rings is 1. The molecule has 4 rings (SSSR count). The van der Waals surface area contributed by atoms with Crippen LogP contribution in [0.15, 0.2) is 53.6 Å². The summed E-state index contributed by atoms with van der Waals surface area (Å²) in [6, 6.07) is 8.70. The number of hydrogen-bond donors (Lipinski definition) is 1. The lowest BCUT2D eigenvalue weighted by atomic mass is 10.2. The molecule has 0 spiro atoms. The van der Waals surface area contributed by atoms with E-state index in [9.17, 15) is 5.11 Å². The molecule has 0 fully saturated rings. The summed E-state index contributed by atoms with van der Waals surface area (Å²) in [5.74, 6) is 0.393. The van der Waals surface area contributed by atoms with Crippen LogP contribution in [0.1, 0.15) is 0 Å². The van der Waals surface area contributed by atoms with Crippen LogP contribution in [0, 0.1) is 0 Å². The summed E-state index contributed by atoms with van der Waals surface area (Å²) in [4.78, 5) is 8.38. The van der Waals surface area contributed by atoms with Gasteiger partial charge in [0, 0.05) is 12.3 Å². The first-order valence-corrected chi connectivity index (χ1v) is 6.21. The largest absolute Gasteiger partial charge is 0.507 e. The number of pyridine rings is 1. The van der Waals surface area contributed by atoms with Crippen LogP contribution in [0.3, 0.4) is 0 Å². The van der Waals surface area contributed by atoms with Crippen molar-refractivity contribution < 1.29 is 9.52 Å². The fraction of sp³-hybridized carbons (Fsp3) is 0. The molecular weight excluding hydrogens is 270 g/mol. The molecule has 7 nitrogen and oxygen atoms in total. The van der Waals surface area contributed by atoms with Gasteiger partial charge in [0.25, 0.3) is 0 Å². The van der Waals surface area contributed by atoms with Gasteiger partial charge in [-0.25, -0.2) is 4.98 Å². The molecule has 0 atom stereocenters. The van der Waals surface area contributed by atoms with Gasteiger partial charge in [-0.2, -0.15) is 4.98 Å². The van der Waals surface area contributed by atoms with Gasteiger partial charge >= 0.3 is 0 Å². The van der Waals surface area contributed by atoms with Crippen LogP contribution in [-0.4, -0.2) is 29.8 Å². The highest BCUT2D eigenvalue weighted by atomic mass is 16.4. The Labute approximate surface area is 118 Å². The topological polar surface area (TPSA) is 89.9 Å². The molecule has 0 saturated carbocycles. The van der Waals surface area contributed by atoms with Gasteiger partial charge in [-0.3, -0.25) is 4.57 Å². The lowest BCUT2D eigenvalue weighted by Gasteiger charge is -2.04. The molecule has 3 aromatic heterocycles. The molecule has 1 aromatic carbocycles. The summed E-state index contributed by atoms with van der Waals surface area (Å²) < 4.78 is 7.29. The number of phenols is 1. The van der Waals surface area contributed by atoms with Gasteiger partial charge in [-0.15, -0.1) is 10.2 Å². The zero-order valence-electron chi connectivity index (χ0n) is 10.7. The number of nitrogens with zero attached hydrogens (tertiary/aromatic N) is 5. The average molecular weight is 279 g/mol. The summed E-state index contributed by atoms with van der Waals surface area (Å²) in [5, 5.41) is 17.7. The molecule has 1 N–H and O–H groups in total. The van der Waals surface area contributed by atoms with E-state index >= 15 is 0 Å². The van der Waals surface area contributed by atoms with E-state index in [-0.39, 0.29) is 5.75 Å². The summed E-state index contributed by atoms with van der Waals surface area (Å²) in [7, 11) is 0. The number of aromatic hydroxyl groups is 1. The van der Waals surface area contributed by atoms with Crippen LogP contribution < -0.4 is 0 Å². The van der Waals surface area contributed by atoms with E-state index in [2.05, 4.69) is 20.2 Å². The molecule has 0 aliphatic rings. The van der Waals surface area contributed by atoms with Gasteiger partial charge in [0.2, 0.25) is 5.89 Å². The Morgan fingerprint density at radius 1 is 1.10 bits per heavy atom. The summed E-state index contributed by atoms with van der Waals surface area (Å²) in [6.07, 6.45) is 4.75. The van der Waals surface area contributed by atoms with Gasteiger partial charge in [0.05, 0.1) is 11.3 Å². The second kappa shape index (κ2) is 4.41. The lowest BCUT2D eigenvalue weighted by molar-refractivity contribution is 0.474. The van der Waals surface area contributed by atoms with Crippen molar-refractivity contribution in [2.24, 2.45) is 0 Å². The molecule has 0 saturated heterocycles. The second-order valence-electron chi connectivity index (χ2n) is 4.41. The van der Waals surface area contributed by atoms with E-state index in [4.69, 9.17) is 4.42 Å². The minimum atomic E-state index is 0.0627. The number of phenolic OH excluding ortho intramolecular Hbond substituents is 1. The Bertz CT molecular complexity index is 881. The van der Waals surface area contributed by atoms with Gasteiger partial charge in [-0.05, 0) is 24.3 Å². The molecule has 3 heterocycles. The fourth-order valence-electron chi connectivity index (χ4n) is 2.08. The number of hydrogen-bond acceptors (Lipinski definition) is 6. The van der Waals surface area contributed by atoms with E-state index in [0.29, 0.717) is 22.7 Å². The molecule has 0 radical (unpaired) electrons. The first-order chi connectivity index (χ1) is 10.3. The number of oxazole rings is 1. The van der Waals surface area contributed by atoms with Gasteiger partial charge in [0.1, 0.15) is 18.4 Å². The molecular formula is C14H9N5O2. The highest BCUT2D eigenvalue weighted by Crippen LogP contribution is 2.31. The predicted octanol–water partition coefficient (Wildman–Crippen LogP) is 2.18. The van der Waals surface area contributed by atoms with Crippen molar-refractivity contribution in [2.45, 2.75) is 0 Å². The van der Waals surface area contributed by atoms with Crippen LogP contribution in [0.4, 0.5) is 0 Å². The number of aromatic nitrogens is 5. The Morgan fingerprint density at radius 3 is 2.71 bits per heavy atom. The third-order valence-electron chi connectivity index (χ3n) is 3.09. The molecule has 0 unspecified atom stereocenters. The summed E-state index contributed by atoms with van der Waals surface area (Å²) in [5.41, 5.74) is 2.34. The molecule has 4 aromatic rings. The molecule has 21 heavy (non-hydrogen) atoms. The zero-order chi connectivity index (χ0) is 14.2. The van der Waals surface area contributed by atoms with Crippen molar-refractivity contribution in [3.8, 4) is 22.9 Å². The first kappa shape index (κ1) is 11.6. The first-order valence-electron chi connectivity index (χ1n) is 6.21. The third-order valence-corrected chi connectivity index (χ3v) is 3.09. The average Bonchev–Trinajstić information content (AvgIpc) is 3.16. The van der Waals surface area contributed by atoms with E-state index in [1.807, 2.05) is 6.07 Å². The monoisotopic (exact) mass is 279 g/mol. The second-order valence-corrected chi connectivity index (χ2v) is 4.41. The standard InChI is InChI=1S/C14H9N5O2/c20-11-6-9(19-7-16-17-8-19)3-4-10(11)14-18-13-12(21-14)2-1-5-15-13/h1-8,20H. The number of rotatable bonds is 2. The summed E-state index contributed by atoms with van der Waals surface area (Å²) in [6.45, 7) is 0. The quantitative estimate of drug-likeness (QED) is 0.604. The number of fused-ring (bicyclic) bond motifs is 1. The smallest absolute Gasteiger partial charge is 0.232 e. The highest BCUT2D eigenvalue weighted by molar-refractivity contribution is 5.74.